The fourth-order valence-corrected chi connectivity index (χ4v) is 1.86. The summed E-state index contributed by atoms with van der Waals surface area (Å²) in [5, 5.41) is 5.16. The molecule has 0 amide bonds. The highest BCUT2D eigenvalue weighted by Gasteiger charge is 2.15. The van der Waals surface area contributed by atoms with Gasteiger partial charge in [0.05, 0.1) is 18.3 Å². The maximum absolute atomic E-state index is 11.2. The molecule has 1 aromatic rings. The molecule has 15 heavy (non-hydrogen) atoms. The van der Waals surface area contributed by atoms with Crippen LogP contribution in [0.5, 0.6) is 0 Å². The second kappa shape index (κ2) is 6.53. The van der Waals surface area contributed by atoms with Crippen molar-refractivity contribution >= 4 is 17.3 Å². The summed E-state index contributed by atoms with van der Waals surface area (Å²) in [7, 11) is 1.41. The van der Waals surface area contributed by atoms with E-state index in [1.54, 1.807) is 11.3 Å². The van der Waals surface area contributed by atoms with Crippen LogP contribution in [0.15, 0.2) is 10.9 Å². The van der Waals surface area contributed by atoms with Crippen LogP contribution in [-0.4, -0.2) is 30.6 Å². The molecule has 1 N–H and O–H groups in total. The van der Waals surface area contributed by atoms with Gasteiger partial charge in [-0.25, -0.2) is 4.98 Å². The number of nitrogens with one attached hydrogen (secondary N) is 1. The number of aromatic nitrogens is 1. The van der Waals surface area contributed by atoms with Crippen molar-refractivity contribution in [1.29, 1.82) is 0 Å². The van der Waals surface area contributed by atoms with Gasteiger partial charge in [-0.05, 0) is 6.42 Å². The van der Waals surface area contributed by atoms with E-state index in [1.165, 1.54) is 7.11 Å². The van der Waals surface area contributed by atoms with Crippen LogP contribution in [0.2, 0.25) is 0 Å². The SMILES string of the molecule is CC[C@@H](NCCc1cscn1)C(=O)OC. The van der Waals surface area contributed by atoms with Crippen LogP contribution in [0.25, 0.3) is 0 Å². The molecule has 0 bridgehead atoms. The number of nitrogens with zero attached hydrogens (tertiary/aromatic N) is 1. The first-order valence-corrected chi connectivity index (χ1v) is 5.90. The number of carbonyl (C=O) groups is 1. The first kappa shape index (κ1) is 12.1. The average Bonchev–Trinajstić information content (AvgIpc) is 2.76. The lowest BCUT2D eigenvalue weighted by Gasteiger charge is -2.13. The van der Waals surface area contributed by atoms with Crippen molar-refractivity contribution in [3.63, 3.8) is 0 Å². The lowest BCUT2D eigenvalue weighted by molar-refractivity contribution is -0.143. The molecule has 0 radical (unpaired) electrons. The van der Waals surface area contributed by atoms with E-state index in [0.29, 0.717) is 0 Å². The minimum atomic E-state index is -0.200. The molecular formula is C10H16N2O2S. The van der Waals surface area contributed by atoms with Crippen molar-refractivity contribution in [1.82, 2.24) is 10.3 Å². The largest absolute Gasteiger partial charge is 0.468 e. The highest BCUT2D eigenvalue weighted by Crippen LogP contribution is 2.01. The molecule has 0 aliphatic heterocycles. The highest BCUT2D eigenvalue weighted by atomic mass is 32.1. The monoisotopic (exact) mass is 228 g/mol. The number of esters is 1. The Morgan fingerprint density at radius 2 is 2.53 bits per heavy atom. The summed E-state index contributed by atoms with van der Waals surface area (Å²) in [6.45, 7) is 2.70. The van der Waals surface area contributed by atoms with Crippen LogP contribution in [-0.2, 0) is 16.0 Å². The van der Waals surface area contributed by atoms with E-state index in [1.807, 2.05) is 17.8 Å². The molecule has 0 aliphatic rings. The van der Waals surface area contributed by atoms with Crippen molar-refractivity contribution in [3.8, 4) is 0 Å². The number of hydrogen-bond donors (Lipinski definition) is 1. The lowest BCUT2D eigenvalue weighted by Crippen LogP contribution is -2.38. The smallest absolute Gasteiger partial charge is 0.322 e. The van der Waals surface area contributed by atoms with Gasteiger partial charge in [0.1, 0.15) is 6.04 Å². The van der Waals surface area contributed by atoms with E-state index in [2.05, 4.69) is 15.0 Å². The van der Waals surface area contributed by atoms with E-state index in [-0.39, 0.29) is 12.0 Å². The number of ether oxygens (including phenoxy) is 1. The summed E-state index contributed by atoms with van der Waals surface area (Å²) in [6.07, 6.45) is 1.58. The van der Waals surface area contributed by atoms with E-state index >= 15 is 0 Å². The molecule has 0 aromatic carbocycles. The molecule has 0 spiro atoms. The van der Waals surface area contributed by atoms with Gasteiger partial charge in [-0.1, -0.05) is 6.92 Å². The number of methoxy groups -OCH3 is 1. The molecule has 0 saturated heterocycles. The summed E-state index contributed by atoms with van der Waals surface area (Å²) in [4.78, 5) is 15.4. The van der Waals surface area contributed by atoms with Crippen molar-refractivity contribution in [2.45, 2.75) is 25.8 Å². The Kier molecular flexibility index (Phi) is 5.28. The Hall–Kier alpha value is -0.940. The molecule has 0 aliphatic carbocycles. The van der Waals surface area contributed by atoms with E-state index in [9.17, 15) is 4.79 Å². The van der Waals surface area contributed by atoms with Crippen LogP contribution in [0.4, 0.5) is 0 Å². The molecule has 84 valence electrons. The predicted molar refractivity (Wildman–Crippen MR) is 59.9 cm³/mol. The Morgan fingerprint density at radius 3 is 3.07 bits per heavy atom. The zero-order valence-electron chi connectivity index (χ0n) is 9.03. The molecule has 5 heteroatoms. The van der Waals surface area contributed by atoms with Crippen molar-refractivity contribution in [3.05, 3.63) is 16.6 Å². The minimum Gasteiger partial charge on any atom is -0.468 e. The zero-order valence-corrected chi connectivity index (χ0v) is 9.84. The predicted octanol–water partition coefficient (Wildman–Crippen LogP) is 1.23. The molecule has 0 saturated carbocycles. The molecule has 1 atom stereocenters. The van der Waals surface area contributed by atoms with Gasteiger partial charge in [-0.2, -0.15) is 0 Å². The van der Waals surface area contributed by atoms with Gasteiger partial charge in [-0.3, -0.25) is 4.79 Å². The number of rotatable bonds is 6. The maximum atomic E-state index is 11.2. The van der Waals surface area contributed by atoms with Crippen LogP contribution in [0, 0.1) is 0 Å². The highest BCUT2D eigenvalue weighted by molar-refractivity contribution is 7.07. The molecule has 0 unspecified atom stereocenters. The van der Waals surface area contributed by atoms with Gasteiger partial charge in [0.2, 0.25) is 0 Å². The molecule has 1 aromatic heterocycles. The lowest BCUT2D eigenvalue weighted by atomic mass is 10.2. The Labute approximate surface area is 93.7 Å². The minimum absolute atomic E-state index is 0.198. The molecular weight excluding hydrogens is 212 g/mol. The number of hydrogen-bond acceptors (Lipinski definition) is 5. The topological polar surface area (TPSA) is 51.2 Å². The van der Waals surface area contributed by atoms with E-state index < -0.39 is 0 Å². The molecule has 1 heterocycles. The Morgan fingerprint density at radius 1 is 1.73 bits per heavy atom. The van der Waals surface area contributed by atoms with E-state index in [4.69, 9.17) is 0 Å². The Balaban J connectivity index is 2.26. The van der Waals surface area contributed by atoms with Gasteiger partial charge in [0, 0.05) is 18.3 Å². The summed E-state index contributed by atoms with van der Waals surface area (Å²) in [5.41, 5.74) is 2.87. The van der Waals surface area contributed by atoms with Crippen molar-refractivity contribution in [2.75, 3.05) is 13.7 Å². The molecule has 4 nitrogen and oxygen atoms in total. The van der Waals surface area contributed by atoms with Gasteiger partial charge in [0.25, 0.3) is 0 Å². The second-order valence-corrected chi connectivity index (χ2v) is 3.89. The van der Waals surface area contributed by atoms with Crippen LogP contribution in [0.1, 0.15) is 19.0 Å². The standard InChI is InChI=1S/C10H16N2O2S/c1-3-9(10(13)14-2)11-5-4-8-6-15-7-12-8/h6-7,9,11H,3-5H2,1-2H3/t9-/m1/s1. The van der Waals surface area contributed by atoms with Crippen molar-refractivity contribution in [2.24, 2.45) is 0 Å². The third-order valence-corrected chi connectivity index (χ3v) is 2.78. The third kappa shape index (κ3) is 3.97. The number of carbonyl (C=O) groups excluding carboxylic acids is 1. The quantitative estimate of drug-likeness (QED) is 0.744. The van der Waals surface area contributed by atoms with Gasteiger partial charge in [-0.15, -0.1) is 11.3 Å². The first-order valence-electron chi connectivity index (χ1n) is 4.96. The maximum Gasteiger partial charge on any atom is 0.322 e. The summed E-state index contributed by atoms with van der Waals surface area (Å²) < 4.78 is 4.68. The summed E-state index contributed by atoms with van der Waals surface area (Å²) >= 11 is 1.58. The van der Waals surface area contributed by atoms with Gasteiger partial charge >= 0.3 is 5.97 Å². The third-order valence-electron chi connectivity index (χ3n) is 2.15. The van der Waals surface area contributed by atoms with Crippen LogP contribution < -0.4 is 5.32 Å². The zero-order chi connectivity index (χ0) is 11.1. The fourth-order valence-electron chi connectivity index (χ4n) is 1.27. The van der Waals surface area contributed by atoms with Crippen molar-refractivity contribution < 1.29 is 9.53 Å². The van der Waals surface area contributed by atoms with Crippen LogP contribution in [0.3, 0.4) is 0 Å². The second-order valence-electron chi connectivity index (χ2n) is 3.17. The molecule has 0 fully saturated rings. The van der Waals surface area contributed by atoms with Crippen LogP contribution >= 0.6 is 11.3 Å². The molecule has 1 rings (SSSR count). The first-order chi connectivity index (χ1) is 7.27. The number of thiazole rings is 1. The normalized spacial score (nSPS) is 12.4. The van der Waals surface area contributed by atoms with Gasteiger partial charge in [0.15, 0.2) is 0 Å². The summed E-state index contributed by atoms with van der Waals surface area (Å²) in [5.74, 6) is -0.198. The summed E-state index contributed by atoms with van der Waals surface area (Å²) in [6, 6.07) is -0.200. The Bertz CT molecular complexity index is 288. The average molecular weight is 228 g/mol. The van der Waals surface area contributed by atoms with Gasteiger partial charge < -0.3 is 10.1 Å². The fraction of sp³-hybridized carbons (Fsp3) is 0.600. The van der Waals surface area contributed by atoms with E-state index in [0.717, 1.165) is 25.1 Å².